The van der Waals surface area contributed by atoms with E-state index in [0.717, 1.165) is 6.26 Å². The average Bonchev–Trinajstić information content (AvgIpc) is 2.73. The molecule has 1 aromatic carbocycles. The largest absolute Gasteiger partial charge is 0.368 e. The van der Waals surface area contributed by atoms with Crippen LogP contribution in [0.15, 0.2) is 30.5 Å². The van der Waals surface area contributed by atoms with Crippen LogP contribution in [0.2, 0.25) is 10.2 Å². The Kier molecular flexibility index (Phi) is 7.22. The summed E-state index contributed by atoms with van der Waals surface area (Å²) in [6.45, 7) is 3.50. The highest BCUT2D eigenvalue weighted by Crippen LogP contribution is 2.29. The van der Waals surface area contributed by atoms with Crippen molar-refractivity contribution in [3.63, 3.8) is 0 Å². The molecule has 0 bridgehead atoms. The first-order chi connectivity index (χ1) is 15.5. The molecule has 0 radical (unpaired) electrons. The number of anilines is 2. The number of pyridine rings is 1. The number of rotatable bonds is 5. The van der Waals surface area contributed by atoms with Crippen LogP contribution < -0.4 is 10.5 Å². The van der Waals surface area contributed by atoms with Gasteiger partial charge in [-0.2, -0.15) is 0 Å². The molecule has 3 N–H and O–H groups in total. The first kappa shape index (κ1) is 24.5. The maximum Gasteiger partial charge on any atom is 0.229 e. The van der Waals surface area contributed by atoms with Crippen LogP contribution in [-0.2, 0) is 10.0 Å². The van der Waals surface area contributed by atoms with E-state index in [9.17, 15) is 13.2 Å². The number of nitrogens with zero attached hydrogens (tertiary/aromatic N) is 3. The lowest BCUT2D eigenvalue weighted by Gasteiger charge is -2.10. The number of ketones is 1. The Morgan fingerprint density at radius 3 is 2.55 bits per heavy atom. The summed E-state index contributed by atoms with van der Waals surface area (Å²) in [5.41, 5.74) is 8.89. The lowest BCUT2D eigenvalue weighted by molar-refractivity contribution is 0.0988. The Hall–Kier alpha value is -3.19. The predicted molar refractivity (Wildman–Crippen MR) is 130 cm³/mol. The summed E-state index contributed by atoms with van der Waals surface area (Å²) in [7, 11) is -3.55. The molecule has 170 valence electrons. The summed E-state index contributed by atoms with van der Waals surface area (Å²) in [5, 5.41) is 0.293. The van der Waals surface area contributed by atoms with Gasteiger partial charge in [0.1, 0.15) is 0 Å². The van der Waals surface area contributed by atoms with Crippen LogP contribution >= 0.6 is 23.2 Å². The number of hydrogen-bond acceptors (Lipinski definition) is 7. The third-order valence-electron chi connectivity index (χ3n) is 4.44. The van der Waals surface area contributed by atoms with Gasteiger partial charge < -0.3 is 5.73 Å². The Bertz CT molecular complexity index is 1430. The smallest absolute Gasteiger partial charge is 0.229 e. The van der Waals surface area contributed by atoms with E-state index in [1.807, 2.05) is 0 Å². The predicted octanol–water partition coefficient (Wildman–Crippen LogP) is 4.10. The van der Waals surface area contributed by atoms with Gasteiger partial charge in [-0.1, -0.05) is 48.0 Å². The lowest BCUT2D eigenvalue weighted by Crippen LogP contribution is -2.10. The molecule has 0 unspecified atom stereocenters. The summed E-state index contributed by atoms with van der Waals surface area (Å²) in [5.74, 6) is 5.91. The Morgan fingerprint density at radius 1 is 1.18 bits per heavy atom. The quantitative estimate of drug-likeness (QED) is 0.304. The van der Waals surface area contributed by atoms with Gasteiger partial charge in [-0.3, -0.25) is 9.52 Å². The third kappa shape index (κ3) is 5.99. The standard InChI is InChI=1S/C22H19Cl2N5O3S/c1-4-19(30)16-8-6-14(10-17(16)23)20-15(12(2)27-22(25)28-20)7-5-13-9-18(21(24)26-11-13)29-33(3,31)32/h6,8-11,29H,4H2,1-3H3,(H2,25,27,28). The molecule has 11 heteroatoms. The number of hydrogen-bond donors (Lipinski definition) is 2. The van der Waals surface area contributed by atoms with Gasteiger partial charge in [0.05, 0.1) is 33.9 Å². The van der Waals surface area contributed by atoms with Crippen molar-refractivity contribution in [2.75, 3.05) is 16.7 Å². The van der Waals surface area contributed by atoms with Crippen molar-refractivity contribution in [1.29, 1.82) is 0 Å². The molecule has 0 atom stereocenters. The van der Waals surface area contributed by atoms with Gasteiger partial charge in [0.25, 0.3) is 0 Å². The molecule has 8 nitrogen and oxygen atoms in total. The minimum Gasteiger partial charge on any atom is -0.368 e. The Balaban J connectivity index is 2.09. The van der Waals surface area contributed by atoms with Crippen molar-refractivity contribution in [3.8, 4) is 23.1 Å². The van der Waals surface area contributed by atoms with Gasteiger partial charge in [-0.15, -0.1) is 0 Å². The molecular weight excluding hydrogens is 485 g/mol. The van der Waals surface area contributed by atoms with E-state index >= 15 is 0 Å². The third-order valence-corrected chi connectivity index (χ3v) is 5.64. The van der Waals surface area contributed by atoms with Gasteiger partial charge in [0.2, 0.25) is 16.0 Å². The molecular formula is C22H19Cl2N5O3S. The fraction of sp³-hybridized carbons (Fsp3) is 0.182. The molecule has 0 aliphatic carbocycles. The van der Waals surface area contributed by atoms with E-state index in [0.29, 0.717) is 45.1 Å². The summed E-state index contributed by atoms with van der Waals surface area (Å²) in [6, 6.07) is 6.47. The summed E-state index contributed by atoms with van der Waals surface area (Å²) < 4.78 is 25.4. The van der Waals surface area contributed by atoms with Crippen molar-refractivity contribution in [3.05, 3.63) is 63.0 Å². The van der Waals surface area contributed by atoms with Gasteiger partial charge in [-0.05, 0) is 25.1 Å². The molecule has 0 aliphatic heterocycles. The number of Topliss-reactive ketones (excluding diaryl/α,β-unsaturated/α-hetero) is 1. The first-order valence-electron chi connectivity index (χ1n) is 9.61. The number of nitrogens with two attached hydrogens (primary N) is 1. The van der Waals surface area contributed by atoms with Crippen molar-refractivity contribution in [2.24, 2.45) is 0 Å². The number of carbonyl (C=O) groups is 1. The summed E-state index contributed by atoms with van der Waals surface area (Å²) in [6.07, 6.45) is 2.76. The van der Waals surface area contributed by atoms with Gasteiger partial charge in [-0.25, -0.2) is 23.4 Å². The monoisotopic (exact) mass is 503 g/mol. The molecule has 2 heterocycles. The molecule has 0 saturated carbocycles. The van der Waals surface area contributed by atoms with E-state index in [4.69, 9.17) is 28.9 Å². The van der Waals surface area contributed by atoms with E-state index in [1.54, 1.807) is 32.0 Å². The maximum absolute atomic E-state index is 12.0. The fourth-order valence-corrected chi connectivity index (χ4v) is 4.00. The van der Waals surface area contributed by atoms with E-state index in [-0.39, 0.29) is 22.6 Å². The number of halogens is 2. The van der Waals surface area contributed by atoms with Crippen molar-refractivity contribution in [2.45, 2.75) is 20.3 Å². The SMILES string of the molecule is CCC(=O)c1ccc(-c2nc(N)nc(C)c2C#Cc2cnc(Cl)c(NS(C)(=O)=O)c2)cc1Cl. The van der Waals surface area contributed by atoms with E-state index < -0.39 is 10.0 Å². The maximum atomic E-state index is 12.0. The van der Waals surface area contributed by atoms with Crippen LogP contribution in [0.25, 0.3) is 11.3 Å². The normalized spacial score (nSPS) is 10.9. The average molecular weight is 504 g/mol. The zero-order chi connectivity index (χ0) is 24.3. The van der Waals surface area contributed by atoms with Crippen LogP contribution in [0.4, 0.5) is 11.6 Å². The highest BCUT2D eigenvalue weighted by molar-refractivity contribution is 7.92. The molecule has 3 aromatic rings. The number of sulfonamides is 1. The van der Waals surface area contributed by atoms with Gasteiger partial charge >= 0.3 is 0 Å². The van der Waals surface area contributed by atoms with Gasteiger partial charge in [0, 0.05) is 29.3 Å². The minimum absolute atomic E-state index is 0.00461. The van der Waals surface area contributed by atoms with Crippen LogP contribution in [0.1, 0.15) is 40.5 Å². The zero-order valence-corrected chi connectivity index (χ0v) is 20.2. The molecule has 0 saturated heterocycles. The van der Waals surface area contributed by atoms with Crippen molar-refractivity contribution in [1.82, 2.24) is 15.0 Å². The summed E-state index contributed by atoms with van der Waals surface area (Å²) in [4.78, 5) is 24.5. The molecule has 2 aromatic heterocycles. The van der Waals surface area contributed by atoms with Crippen LogP contribution in [0.5, 0.6) is 0 Å². The van der Waals surface area contributed by atoms with Crippen LogP contribution in [0.3, 0.4) is 0 Å². The second kappa shape index (κ2) is 9.75. The number of nitrogen functional groups attached to an aromatic ring is 1. The Morgan fingerprint density at radius 2 is 1.91 bits per heavy atom. The first-order valence-corrected chi connectivity index (χ1v) is 12.3. The number of nitrogens with one attached hydrogen (secondary N) is 1. The van der Waals surface area contributed by atoms with E-state index in [1.165, 1.54) is 12.3 Å². The molecule has 33 heavy (non-hydrogen) atoms. The topological polar surface area (TPSA) is 128 Å². The highest BCUT2D eigenvalue weighted by atomic mass is 35.5. The van der Waals surface area contributed by atoms with E-state index in [2.05, 4.69) is 31.5 Å². The minimum atomic E-state index is -3.55. The van der Waals surface area contributed by atoms with Crippen LogP contribution in [0, 0.1) is 18.8 Å². The Labute approximate surface area is 201 Å². The van der Waals surface area contributed by atoms with Gasteiger partial charge in [0.15, 0.2) is 10.9 Å². The molecule has 0 spiro atoms. The number of carbonyl (C=O) groups excluding carboxylic acids is 1. The molecule has 0 amide bonds. The fourth-order valence-electron chi connectivity index (χ4n) is 2.95. The number of benzene rings is 1. The number of aromatic nitrogens is 3. The second-order valence-corrected chi connectivity index (χ2v) is 9.56. The lowest BCUT2D eigenvalue weighted by atomic mass is 10.0. The summed E-state index contributed by atoms with van der Waals surface area (Å²) >= 11 is 12.3. The van der Waals surface area contributed by atoms with Crippen molar-refractivity contribution >= 4 is 50.6 Å². The molecule has 0 aliphatic rings. The number of aryl methyl sites for hydroxylation is 1. The molecule has 0 fully saturated rings. The zero-order valence-electron chi connectivity index (χ0n) is 17.9. The van der Waals surface area contributed by atoms with Crippen molar-refractivity contribution < 1.29 is 13.2 Å². The second-order valence-electron chi connectivity index (χ2n) is 7.05. The highest BCUT2D eigenvalue weighted by Gasteiger charge is 2.15. The molecule has 3 rings (SSSR count). The van der Waals surface area contributed by atoms with Crippen LogP contribution in [-0.4, -0.2) is 35.4 Å².